The zero-order chi connectivity index (χ0) is 19.2. The smallest absolute Gasteiger partial charge is 0.255 e. The Balaban J connectivity index is 1.66. The standard InChI is InChI=1S/C19H27ClN4O3/c1-2-4-17(25)22-15-5-3-6-24(13-15)18-16(20)11-14(12-21-18)19(26)23-7-9-27-10-8-23/h11-12,15H,2-10,13H2,1H3,(H,22,25). The second-order valence-electron chi connectivity index (χ2n) is 7.04. The SMILES string of the molecule is CCCC(=O)NC1CCCN(c2ncc(C(=O)N3CCOCC3)cc2Cl)C1. The lowest BCUT2D eigenvalue weighted by molar-refractivity contribution is -0.121. The van der Waals surface area contributed by atoms with Gasteiger partial charge in [0, 0.05) is 44.8 Å². The molecule has 2 saturated heterocycles. The third-order valence-electron chi connectivity index (χ3n) is 4.93. The van der Waals surface area contributed by atoms with Gasteiger partial charge in [-0.3, -0.25) is 9.59 Å². The van der Waals surface area contributed by atoms with E-state index < -0.39 is 0 Å². The summed E-state index contributed by atoms with van der Waals surface area (Å²) in [5.41, 5.74) is 0.496. The van der Waals surface area contributed by atoms with E-state index in [1.54, 1.807) is 17.2 Å². The highest BCUT2D eigenvalue weighted by Crippen LogP contribution is 2.27. The van der Waals surface area contributed by atoms with Gasteiger partial charge in [-0.2, -0.15) is 0 Å². The van der Waals surface area contributed by atoms with Crippen LogP contribution in [0.15, 0.2) is 12.3 Å². The molecule has 3 rings (SSSR count). The van der Waals surface area contributed by atoms with Crippen LogP contribution in [-0.2, 0) is 9.53 Å². The number of aromatic nitrogens is 1. The maximum absolute atomic E-state index is 12.6. The number of carbonyl (C=O) groups is 2. The quantitative estimate of drug-likeness (QED) is 0.827. The van der Waals surface area contributed by atoms with E-state index >= 15 is 0 Å². The van der Waals surface area contributed by atoms with Crippen LogP contribution in [0.5, 0.6) is 0 Å². The molecule has 27 heavy (non-hydrogen) atoms. The predicted octanol–water partition coefficient (Wildman–Crippen LogP) is 2.09. The van der Waals surface area contributed by atoms with Crippen molar-refractivity contribution in [2.24, 2.45) is 0 Å². The number of carbonyl (C=O) groups excluding carboxylic acids is 2. The van der Waals surface area contributed by atoms with E-state index in [2.05, 4.69) is 15.2 Å². The first kappa shape index (κ1) is 19.9. The van der Waals surface area contributed by atoms with Gasteiger partial charge in [0.25, 0.3) is 5.91 Å². The summed E-state index contributed by atoms with van der Waals surface area (Å²) in [5, 5.41) is 3.55. The third-order valence-corrected chi connectivity index (χ3v) is 5.21. The van der Waals surface area contributed by atoms with Gasteiger partial charge in [-0.15, -0.1) is 0 Å². The fraction of sp³-hybridized carbons (Fsp3) is 0.632. The molecule has 7 nitrogen and oxygen atoms in total. The van der Waals surface area contributed by atoms with Crippen molar-refractivity contribution in [3.05, 3.63) is 22.8 Å². The van der Waals surface area contributed by atoms with Gasteiger partial charge in [0.2, 0.25) is 5.91 Å². The fourth-order valence-electron chi connectivity index (χ4n) is 3.54. The van der Waals surface area contributed by atoms with Gasteiger partial charge in [0.05, 0.1) is 23.8 Å². The van der Waals surface area contributed by atoms with E-state index in [0.717, 1.165) is 25.8 Å². The van der Waals surface area contributed by atoms with Crippen LogP contribution in [0.1, 0.15) is 43.0 Å². The Kier molecular flexibility index (Phi) is 6.90. The van der Waals surface area contributed by atoms with Crippen LogP contribution in [0.2, 0.25) is 5.02 Å². The van der Waals surface area contributed by atoms with Gasteiger partial charge in [-0.05, 0) is 25.3 Å². The Labute approximate surface area is 165 Å². The Hall–Kier alpha value is -1.86. The van der Waals surface area contributed by atoms with Gasteiger partial charge >= 0.3 is 0 Å². The monoisotopic (exact) mass is 394 g/mol. The zero-order valence-corrected chi connectivity index (χ0v) is 16.5. The molecule has 1 N–H and O–H groups in total. The molecule has 0 bridgehead atoms. The van der Waals surface area contributed by atoms with Crippen molar-refractivity contribution in [2.45, 2.75) is 38.6 Å². The average molecular weight is 395 g/mol. The highest BCUT2D eigenvalue weighted by atomic mass is 35.5. The summed E-state index contributed by atoms with van der Waals surface area (Å²) in [6.07, 6.45) is 4.90. The molecule has 2 fully saturated rings. The van der Waals surface area contributed by atoms with E-state index in [1.807, 2.05) is 6.92 Å². The van der Waals surface area contributed by atoms with E-state index in [9.17, 15) is 9.59 Å². The number of hydrogen-bond donors (Lipinski definition) is 1. The predicted molar refractivity (Wildman–Crippen MR) is 104 cm³/mol. The second-order valence-corrected chi connectivity index (χ2v) is 7.44. The number of nitrogens with one attached hydrogen (secondary N) is 1. The molecule has 1 unspecified atom stereocenters. The minimum atomic E-state index is -0.0670. The minimum Gasteiger partial charge on any atom is -0.378 e. The molecular formula is C19H27ClN4O3. The van der Waals surface area contributed by atoms with Crippen molar-refractivity contribution in [3.8, 4) is 0 Å². The molecule has 148 valence electrons. The minimum absolute atomic E-state index is 0.0670. The van der Waals surface area contributed by atoms with Crippen molar-refractivity contribution in [3.63, 3.8) is 0 Å². The normalized spacial score (nSPS) is 20.4. The van der Waals surface area contributed by atoms with Crippen molar-refractivity contribution in [1.29, 1.82) is 0 Å². The fourth-order valence-corrected chi connectivity index (χ4v) is 3.83. The van der Waals surface area contributed by atoms with Crippen molar-refractivity contribution < 1.29 is 14.3 Å². The molecule has 3 heterocycles. The van der Waals surface area contributed by atoms with Crippen LogP contribution in [0.25, 0.3) is 0 Å². The van der Waals surface area contributed by atoms with Gasteiger partial charge in [0.15, 0.2) is 0 Å². The van der Waals surface area contributed by atoms with Crippen LogP contribution in [0.4, 0.5) is 5.82 Å². The van der Waals surface area contributed by atoms with Crippen LogP contribution in [0, 0.1) is 0 Å². The van der Waals surface area contributed by atoms with E-state index in [-0.39, 0.29) is 17.9 Å². The first-order valence-corrected chi connectivity index (χ1v) is 10.0. The van der Waals surface area contributed by atoms with Gasteiger partial charge in [-0.25, -0.2) is 4.98 Å². The topological polar surface area (TPSA) is 74.8 Å². The van der Waals surface area contributed by atoms with Gasteiger partial charge in [0.1, 0.15) is 5.82 Å². The number of hydrogen-bond acceptors (Lipinski definition) is 5. The van der Waals surface area contributed by atoms with Crippen LogP contribution < -0.4 is 10.2 Å². The van der Waals surface area contributed by atoms with Crippen molar-refractivity contribution in [2.75, 3.05) is 44.3 Å². The summed E-state index contributed by atoms with van der Waals surface area (Å²) < 4.78 is 5.29. The number of nitrogens with zero attached hydrogens (tertiary/aromatic N) is 3. The van der Waals surface area contributed by atoms with Gasteiger partial charge < -0.3 is 19.9 Å². The Bertz CT molecular complexity index is 679. The first-order valence-electron chi connectivity index (χ1n) is 9.65. The molecule has 0 aromatic carbocycles. The third kappa shape index (κ3) is 5.11. The van der Waals surface area contributed by atoms with E-state index in [4.69, 9.17) is 16.3 Å². The molecular weight excluding hydrogens is 368 g/mol. The number of amides is 2. The second kappa shape index (κ2) is 9.37. The lowest BCUT2D eigenvalue weighted by atomic mass is 10.1. The number of ether oxygens (including phenoxy) is 1. The summed E-state index contributed by atoms with van der Waals surface area (Å²) in [6, 6.07) is 1.80. The molecule has 1 aromatic rings. The summed E-state index contributed by atoms with van der Waals surface area (Å²) in [5.74, 6) is 0.696. The summed E-state index contributed by atoms with van der Waals surface area (Å²) in [6.45, 7) is 5.81. The number of anilines is 1. The number of morpholine rings is 1. The zero-order valence-electron chi connectivity index (χ0n) is 15.7. The van der Waals surface area contributed by atoms with Crippen molar-refractivity contribution >= 4 is 29.2 Å². The molecule has 2 amide bonds. The molecule has 1 atom stereocenters. The summed E-state index contributed by atoms with van der Waals surface area (Å²) in [7, 11) is 0. The molecule has 1 aromatic heterocycles. The Morgan fingerprint density at radius 2 is 2.11 bits per heavy atom. The molecule has 0 saturated carbocycles. The highest BCUT2D eigenvalue weighted by molar-refractivity contribution is 6.33. The molecule has 0 spiro atoms. The lowest BCUT2D eigenvalue weighted by Crippen LogP contribution is -2.48. The molecule has 0 radical (unpaired) electrons. The van der Waals surface area contributed by atoms with E-state index in [0.29, 0.717) is 55.7 Å². The Morgan fingerprint density at radius 1 is 1.33 bits per heavy atom. The number of piperidine rings is 1. The molecule has 2 aliphatic heterocycles. The maximum Gasteiger partial charge on any atom is 0.255 e. The highest BCUT2D eigenvalue weighted by Gasteiger charge is 2.25. The first-order chi connectivity index (χ1) is 13.1. The lowest BCUT2D eigenvalue weighted by Gasteiger charge is -2.34. The van der Waals surface area contributed by atoms with Crippen molar-refractivity contribution in [1.82, 2.24) is 15.2 Å². The number of halogens is 1. The Morgan fingerprint density at radius 3 is 2.81 bits per heavy atom. The van der Waals surface area contributed by atoms with Crippen LogP contribution in [-0.4, -0.2) is 67.1 Å². The van der Waals surface area contributed by atoms with E-state index in [1.165, 1.54) is 0 Å². The molecule has 2 aliphatic rings. The number of rotatable bonds is 5. The van der Waals surface area contributed by atoms with Gasteiger partial charge in [-0.1, -0.05) is 18.5 Å². The number of pyridine rings is 1. The summed E-state index contributed by atoms with van der Waals surface area (Å²) >= 11 is 6.46. The molecule has 8 heteroatoms. The summed E-state index contributed by atoms with van der Waals surface area (Å²) in [4.78, 5) is 32.8. The van der Waals surface area contributed by atoms with Crippen LogP contribution >= 0.6 is 11.6 Å². The molecule has 0 aliphatic carbocycles. The van der Waals surface area contributed by atoms with Crippen LogP contribution in [0.3, 0.4) is 0 Å². The maximum atomic E-state index is 12.6. The largest absolute Gasteiger partial charge is 0.378 e. The average Bonchev–Trinajstić information content (AvgIpc) is 2.68.